The van der Waals surface area contributed by atoms with Crippen molar-refractivity contribution in [2.24, 2.45) is 5.92 Å². The van der Waals surface area contributed by atoms with Gasteiger partial charge in [-0.1, -0.05) is 38.1 Å². The fraction of sp³-hybridized carbons (Fsp3) is 0.462. The average Bonchev–Trinajstić information content (AvgIpc) is 3.10. The number of benzene rings is 2. The van der Waals surface area contributed by atoms with Crippen LogP contribution in [-0.2, 0) is 17.8 Å². The summed E-state index contributed by atoms with van der Waals surface area (Å²) in [7, 11) is 0. The molecule has 0 aromatic heterocycles. The molecule has 0 radical (unpaired) electrons. The average molecular weight is 439 g/mol. The minimum absolute atomic E-state index is 0.0609. The zero-order chi connectivity index (χ0) is 23.1. The molecule has 6 heteroatoms. The van der Waals surface area contributed by atoms with Crippen molar-refractivity contribution in [3.8, 4) is 11.5 Å². The van der Waals surface area contributed by atoms with Gasteiger partial charge in [0, 0.05) is 18.7 Å². The first-order valence-corrected chi connectivity index (χ1v) is 11.5. The summed E-state index contributed by atoms with van der Waals surface area (Å²) < 4.78 is 11.3. The highest BCUT2D eigenvalue weighted by Crippen LogP contribution is 2.29. The predicted octanol–water partition coefficient (Wildman–Crippen LogP) is 4.21. The van der Waals surface area contributed by atoms with E-state index in [1.54, 1.807) is 4.90 Å². The van der Waals surface area contributed by atoms with E-state index in [2.05, 4.69) is 19.2 Å². The second-order valence-electron chi connectivity index (χ2n) is 8.42. The Bertz CT molecular complexity index is 941. The summed E-state index contributed by atoms with van der Waals surface area (Å²) in [5, 5.41) is 3.05. The molecule has 1 atom stereocenters. The van der Waals surface area contributed by atoms with Crippen molar-refractivity contribution in [2.75, 3.05) is 19.8 Å². The topological polar surface area (TPSA) is 67.9 Å². The molecule has 172 valence electrons. The van der Waals surface area contributed by atoms with Gasteiger partial charge in [-0.25, -0.2) is 0 Å². The molecule has 0 bridgehead atoms. The third-order valence-electron chi connectivity index (χ3n) is 5.54. The van der Waals surface area contributed by atoms with Crippen LogP contribution in [0.1, 0.15) is 55.6 Å². The standard InChI is InChI=1S/C26H34N2O4/c1-5-31-23-12-11-19(16-24(23)32-6-2)13-14-27-25(29)22(15-18(3)4)28-17-20-9-7-8-10-21(20)26(28)30/h7-12,16,18,22H,5-6,13-15,17H2,1-4H3,(H,27,29)/t22-/m0/s1. The van der Waals surface area contributed by atoms with Crippen molar-refractivity contribution in [1.29, 1.82) is 0 Å². The maximum atomic E-state index is 13.1. The molecule has 2 aromatic rings. The van der Waals surface area contributed by atoms with Gasteiger partial charge in [-0.3, -0.25) is 9.59 Å². The van der Waals surface area contributed by atoms with Gasteiger partial charge in [0.2, 0.25) is 5.91 Å². The summed E-state index contributed by atoms with van der Waals surface area (Å²) in [6.45, 7) is 10.1. The lowest BCUT2D eigenvalue weighted by atomic mass is 10.0. The molecule has 0 unspecified atom stereocenters. The number of carbonyl (C=O) groups excluding carboxylic acids is 2. The monoisotopic (exact) mass is 438 g/mol. The SMILES string of the molecule is CCOc1ccc(CCNC(=O)[C@H](CC(C)C)N2Cc3ccccc3C2=O)cc1OCC. The first-order chi connectivity index (χ1) is 15.4. The van der Waals surface area contributed by atoms with Gasteiger partial charge in [0.1, 0.15) is 6.04 Å². The molecule has 1 N–H and O–H groups in total. The van der Waals surface area contributed by atoms with Gasteiger partial charge in [0.25, 0.3) is 5.91 Å². The van der Waals surface area contributed by atoms with Crippen LogP contribution in [0.4, 0.5) is 0 Å². The summed E-state index contributed by atoms with van der Waals surface area (Å²) in [6, 6.07) is 13.0. The highest BCUT2D eigenvalue weighted by Gasteiger charge is 2.36. The molecule has 3 rings (SSSR count). The van der Waals surface area contributed by atoms with Crippen LogP contribution in [0.3, 0.4) is 0 Å². The Balaban J connectivity index is 1.64. The Labute approximate surface area is 190 Å². The second-order valence-corrected chi connectivity index (χ2v) is 8.42. The molecule has 2 amide bonds. The fourth-order valence-electron chi connectivity index (χ4n) is 4.05. The van der Waals surface area contributed by atoms with Crippen molar-refractivity contribution in [2.45, 2.75) is 53.1 Å². The fourth-order valence-corrected chi connectivity index (χ4v) is 4.05. The van der Waals surface area contributed by atoms with Crippen molar-refractivity contribution in [3.05, 3.63) is 59.2 Å². The van der Waals surface area contributed by atoms with E-state index in [9.17, 15) is 9.59 Å². The van der Waals surface area contributed by atoms with Gasteiger partial charge in [0.15, 0.2) is 11.5 Å². The van der Waals surface area contributed by atoms with Crippen LogP contribution in [0.5, 0.6) is 11.5 Å². The molecule has 0 aliphatic carbocycles. The van der Waals surface area contributed by atoms with Gasteiger partial charge in [-0.15, -0.1) is 0 Å². The third kappa shape index (κ3) is 5.61. The summed E-state index contributed by atoms with van der Waals surface area (Å²) in [5.74, 6) is 1.58. The van der Waals surface area contributed by atoms with E-state index >= 15 is 0 Å². The number of hydrogen-bond donors (Lipinski definition) is 1. The Morgan fingerprint density at radius 2 is 1.78 bits per heavy atom. The number of hydrogen-bond acceptors (Lipinski definition) is 4. The molecule has 2 aromatic carbocycles. The number of amides is 2. The highest BCUT2D eigenvalue weighted by molar-refractivity contribution is 6.01. The Kier molecular flexibility index (Phi) is 8.14. The Morgan fingerprint density at radius 3 is 2.47 bits per heavy atom. The predicted molar refractivity (Wildman–Crippen MR) is 125 cm³/mol. The van der Waals surface area contributed by atoms with Crippen LogP contribution in [-0.4, -0.2) is 42.5 Å². The molecule has 6 nitrogen and oxygen atoms in total. The van der Waals surface area contributed by atoms with E-state index in [1.807, 2.05) is 56.3 Å². The van der Waals surface area contributed by atoms with Crippen LogP contribution < -0.4 is 14.8 Å². The Hall–Kier alpha value is -3.02. The van der Waals surface area contributed by atoms with Crippen LogP contribution in [0.15, 0.2) is 42.5 Å². The summed E-state index contributed by atoms with van der Waals surface area (Å²) >= 11 is 0. The van der Waals surface area contributed by atoms with Gasteiger partial charge < -0.3 is 19.7 Å². The van der Waals surface area contributed by atoms with Crippen LogP contribution >= 0.6 is 0 Å². The summed E-state index contributed by atoms with van der Waals surface area (Å²) in [4.78, 5) is 27.7. The normalized spacial score (nSPS) is 13.8. The van der Waals surface area contributed by atoms with Crippen LogP contribution in [0.2, 0.25) is 0 Å². The maximum Gasteiger partial charge on any atom is 0.255 e. The molecule has 0 saturated carbocycles. The lowest BCUT2D eigenvalue weighted by molar-refractivity contribution is -0.126. The number of ether oxygens (including phenoxy) is 2. The molecule has 1 aliphatic heterocycles. The van der Waals surface area contributed by atoms with Crippen molar-refractivity contribution >= 4 is 11.8 Å². The number of nitrogens with zero attached hydrogens (tertiary/aromatic N) is 1. The largest absolute Gasteiger partial charge is 0.490 e. The molecule has 0 fully saturated rings. The number of rotatable bonds is 11. The van der Waals surface area contributed by atoms with E-state index in [4.69, 9.17) is 9.47 Å². The minimum Gasteiger partial charge on any atom is -0.490 e. The number of carbonyl (C=O) groups is 2. The lowest BCUT2D eigenvalue weighted by Crippen LogP contribution is -2.48. The van der Waals surface area contributed by atoms with Gasteiger partial charge in [-0.05, 0) is 61.9 Å². The first-order valence-electron chi connectivity index (χ1n) is 11.5. The van der Waals surface area contributed by atoms with Crippen molar-refractivity contribution in [3.63, 3.8) is 0 Å². The maximum absolute atomic E-state index is 13.1. The van der Waals surface area contributed by atoms with E-state index in [1.165, 1.54) is 0 Å². The quantitative estimate of drug-likeness (QED) is 0.571. The highest BCUT2D eigenvalue weighted by atomic mass is 16.5. The molecule has 1 aliphatic rings. The molecular formula is C26H34N2O4. The lowest BCUT2D eigenvalue weighted by Gasteiger charge is -2.28. The smallest absolute Gasteiger partial charge is 0.255 e. The molecular weight excluding hydrogens is 404 g/mol. The third-order valence-corrected chi connectivity index (χ3v) is 5.54. The minimum atomic E-state index is -0.478. The zero-order valence-electron chi connectivity index (χ0n) is 19.5. The van der Waals surface area contributed by atoms with E-state index < -0.39 is 6.04 Å². The molecule has 0 saturated heterocycles. The van der Waals surface area contributed by atoms with Gasteiger partial charge in [-0.2, -0.15) is 0 Å². The number of nitrogens with one attached hydrogen (secondary N) is 1. The molecule has 1 heterocycles. The van der Waals surface area contributed by atoms with Gasteiger partial charge >= 0.3 is 0 Å². The van der Waals surface area contributed by atoms with Crippen molar-refractivity contribution < 1.29 is 19.1 Å². The molecule has 32 heavy (non-hydrogen) atoms. The summed E-state index contributed by atoms with van der Waals surface area (Å²) in [6.07, 6.45) is 1.30. The van der Waals surface area contributed by atoms with Crippen molar-refractivity contribution in [1.82, 2.24) is 10.2 Å². The summed E-state index contributed by atoms with van der Waals surface area (Å²) in [5.41, 5.74) is 2.74. The van der Waals surface area contributed by atoms with E-state index in [-0.39, 0.29) is 11.8 Å². The molecule has 0 spiro atoms. The second kappa shape index (κ2) is 11.0. The Morgan fingerprint density at radius 1 is 1.06 bits per heavy atom. The van der Waals surface area contributed by atoms with E-state index in [0.29, 0.717) is 50.6 Å². The zero-order valence-corrected chi connectivity index (χ0v) is 19.5. The number of fused-ring (bicyclic) bond motifs is 1. The van der Waals surface area contributed by atoms with Crippen LogP contribution in [0, 0.1) is 5.92 Å². The first kappa shape index (κ1) is 23.6. The van der Waals surface area contributed by atoms with E-state index in [0.717, 1.165) is 22.6 Å². The van der Waals surface area contributed by atoms with Gasteiger partial charge in [0.05, 0.1) is 13.2 Å². The van der Waals surface area contributed by atoms with Crippen LogP contribution in [0.25, 0.3) is 0 Å².